The fourth-order valence-electron chi connectivity index (χ4n) is 4.03. The molecule has 5 nitrogen and oxygen atoms in total. The lowest BCUT2D eigenvalue weighted by Crippen LogP contribution is -2.45. The maximum Gasteiger partial charge on any atom is 0.215 e. The van der Waals surface area contributed by atoms with Gasteiger partial charge in [-0.25, -0.2) is 4.98 Å². The molecule has 0 spiro atoms. The molecule has 1 saturated heterocycles. The summed E-state index contributed by atoms with van der Waals surface area (Å²) in [7, 11) is 2.20. The molecular weight excluding hydrogens is 414 g/mol. The highest BCUT2D eigenvalue weighted by Gasteiger charge is 2.18. The summed E-state index contributed by atoms with van der Waals surface area (Å²) in [6.07, 6.45) is 2.23. The van der Waals surface area contributed by atoms with E-state index in [1.165, 1.54) is 11.3 Å². The van der Waals surface area contributed by atoms with Crippen LogP contribution in [0.3, 0.4) is 0 Å². The number of likely N-dealkylation sites (N-methyl/N-ethyl adjacent to an activating group) is 1. The molecule has 4 aromatic rings. The first kappa shape index (κ1) is 17.9. The summed E-state index contributed by atoms with van der Waals surface area (Å²) < 4.78 is 5.71. The van der Waals surface area contributed by atoms with Crippen LogP contribution in [0.4, 0.5) is 0 Å². The van der Waals surface area contributed by atoms with Gasteiger partial charge in [0.05, 0.1) is 16.7 Å². The number of benzene rings is 2. The zero-order valence-electron chi connectivity index (χ0n) is 16.1. The fraction of sp³-hybridized carbons (Fsp3) is 0.318. The molecule has 0 unspecified atom stereocenters. The van der Waals surface area contributed by atoms with E-state index < -0.39 is 0 Å². The van der Waals surface area contributed by atoms with Gasteiger partial charge in [0, 0.05) is 49.9 Å². The summed E-state index contributed by atoms with van der Waals surface area (Å²) in [5.41, 5.74) is 4.65. The van der Waals surface area contributed by atoms with E-state index in [0.29, 0.717) is 0 Å². The molecule has 3 heterocycles. The molecular formula is C22H24BrN5. The SMILES string of the molecule is CN1CCN(CCn2c(-c3ccc(Br)cc3)cn3c4ccccc4nc23)CC1. The largest absolute Gasteiger partial charge is 0.308 e. The highest BCUT2D eigenvalue weighted by molar-refractivity contribution is 9.10. The van der Waals surface area contributed by atoms with Crippen molar-refractivity contribution in [3.05, 3.63) is 59.2 Å². The smallest absolute Gasteiger partial charge is 0.215 e. The molecule has 1 aliphatic rings. The van der Waals surface area contributed by atoms with Gasteiger partial charge in [0.25, 0.3) is 0 Å². The standard InChI is InChI=1S/C22H24BrN5/c1-25-10-12-26(13-11-25)14-15-27-21(17-6-8-18(23)9-7-17)16-28-20-5-3-2-4-19(20)24-22(27)28/h2-9,16H,10-15H2,1H3. The van der Waals surface area contributed by atoms with E-state index in [9.17, 15) is 0 Å². The molecule has 2 aromatic heterocycles. The topological polar surface area (TPSA) is 28.7 Å². The molecule has 0 bridgehead atoms. The number of imidazole rings is 2. The molecule has 2 aromatic carbocycles. The highest BCUT2D eigenvalue weighted by atomic mass is 79.9. The predicted octanol–water partition coefficient (Wildman–Crippen LogP) is 3.97. The predicted molar refractivity (Wildman–Crippen MR) is 118 cm³/mol. The zero-order chi connectivity index (χ0) is 19.1. The van der Waals surface area contributed by atoms with Crippen LogP contribution >= 0.6 is 15.9 Å². The third-order valence-corrected chi connectivity index (χ3v) is 6.27. The summed E-state index contributed by atoms with van der Waals surface area (Å²) in [5.74, 6) is 1.02. The van der Waals surface area contributed by atoms with Gasteiger partial charge in [0.1, 0.15) is 0 Å². The molecule has 0 N–H and O–H groups in total. The maximum absolute atomic E-state index is 4.94. The monoisotopic (exact) mass is 437 g/mol. The van der Waals surface area contributed by atoms with Crippen molar-refractivity contribution in [1.29, 1.82) is 0 Å². The van der Waals surface area contributed by atoms with Crippen LogP contribution in [0.2, 0.25) is 0 Å². The van der Waals surface area contributed by atoms with Crippen molar-refractivity contribution in [2.75, 3.05) is 39.8 Å². The van der Waals surface area contributed by atoms with Crippen LogP contribution in [0.25, 0.3) is 28.1 Å². The van der Waals surface area contributed by atoms with Crippen molar-refractivity contribution < 1.29 is 0 Å². The number of piperazine rings is 1. The van der Waals surface area contributed by atoms with Gasteiger partial charge >= 0.3 is 0 Å². The number of hydrogen-bond donors (Lipinski definition) is 0. The number of para-hydroxylation sites is 2. The van der Waals surface area contributed by atoms with Gasteiger partial charge in [0.2, 0.25) is 5.78 Å². The highest BCUT2D eigenvalue weighted by Crippen LogP contribution is 2.27. The summed E-state index contributed by atoms with van der Waals surface area (Å²) in [5, 5.41) is 0. The van der Waals surface area contributed by atoms with Gasteiger partial charge in [0.15, 0.2) is 0 Å². The molecule has 144 valence electrons. The van der Waals surface area contributed by atoms with Gasteiger partial charge in [-0.2, -0.15) is 0 Å². The first-order valence-corrected chi connectivity index (χ1v) is 10.6. The number of halogens is 1. The van der Waals surface area contributed by atoms with Crippen LogP contribution in [0.1, 0.15) is 0 Å². The van der Waals surface area contributed by atoms with Gasteiger partial charge in [-0.05, 0) is 36.9 Å². The molecule has 0 aliphatic carbocycles. The number of fused-ring (bicyclic) bond motifs is 3. The number of aromatic nitrogens is 3. The Morgan fingerprint density at radius 3 is 2.46 bits per heavy atom. The first-order valence-electron chi connectivity index (χ1n) is 9.82. The Morgan fingerprint density at radius 1 is 0.929 bits per heavy atom. The van der Waals surface area contributed by atoms with Gasteiger partial charge in [-0.15, -0.1) is 0 Å². The third-order valence-electron chi connectivity index (χ3n) is 5.74. The van der Waals surface area contributed by atoms with Crippen LogP contribution in [-0.2, 0) is 6.54 Å². The molecule has 0 radical (unpaired) electrons. The fourth-order valence-corrected chi connectivity index (χ4v) is 4.30. The summed E-state index contributed by atoms with van der Waals surface area (Å²) in [6, 6.07) is 16.9. The van der Waals surface area contributed by atoms with Crippen molar-refractivity contribution in [1.82, 2.24) is 23.8 Å². The Balaban J connectivity index is 1.55. The van der Waals surface area contributed by atoms with Crippen molar-refractivity contribution in [2.24, 2.45) is 0 Å². The molecule has 28 heavy (non-hydrogen) atoms. The molecule has 1 fully saturated rings. The average Bonchev–Trinajstić information content (AvgIpc) is 3.24. The minimum atomic E-state index is 0.939. The van der Waals surface area contributed by atoms with Crippen molar-refractivity contribution in [3.63, 3.8) is 0 Å². The minimum absolute atomic E-state index is 0.939. The van der Waals surface area contributed by atoms with Crippen LogP contribution in [0.5, 0.6) is 0 Å². The quantitative estimate of drug-likeness (QED) is 0.483. The lowest BCUT2D eigenvalue weighted by molar-refractivity contribution is 0.150. The van der Waals surface area contributed by atoms with E-state index >= 15 is 0 Å². The molecule has 1 aliphatic heterocycles. The third kappa shape index (κ3) is 3.26. The lowest BCUT2D eigenvalue weighted by atomic mass is 10.1. The van der Waals surface area contributed by atoms with Crippen molar-refractivity contribution >= 4 is 32.7 Å². The Morgan fingerprint density at radius 2 is 1.68 bits per heavy atom. The molecule has 6 heteroatoms. The zero-order valence-corrected chi connectivity index (χ0v) is 17.6. The second kappa shape index (κ2) is 7.35. The number of rotatable bonds is 4. The lowest BCUT2D eigenvalue weighted by Gasteiger charge is -2.32. The first-order chi connectivity index (χ1) is 13.7. The molecule has 0 saturated carbocycles. The van der Waals surface area contributed by atoms with E-state index in [2.05, 4.69) is 96.5 Å². The number of nitrogens with zero attached hydrogens (tertiary/aromatic N) is 5. The van der Waals surface area contributed by atoms with Gasteiger partial charge < -0.3 is 9.47 Å². The van der Waals surface area contributed by atoms with Gasteiger partial charge in [-0.3, -0.25) is 9.30 Å². The van der Waals surface area contributed by atoms with E-state index in [-0.39, 0.29) is 0 Å². The Bertz CT molecular complexity index is 1100. The number of hydrogen-bond acceptors (Lipinski definition) is 3. The summed E-state index contributed by atoms with van der Waals surface area (Å²) in [4.78, 5) is 9.91. The maximum atomic E-state index is 4.94. The summed E-state index contributed by atoms with van der Waals surface area (Å²) >= 11 is 3.55. The van der Waals surface area contributed by atoms with E-state index in [1.54, 1.807) is 0 Å². The Kier molecular flexibility index (Phi) is 4.70. The molecule has 0 atom stereocenters. The minimum Gasteiger partial charge on any atom is -0.308 e. The van der Waals surface area contributed by atoms with Crippen molar-refractivity contribution in [3.8, 4) is 11.3 Å². The second-order valence-corrected chi connectivity index (χ2v) is 8.50. The van der Waals surface area contributed by atoms with Crippen LogP contribution in [0.15, 0.2) is 59.2 Å². The van der Waals surface area contributed by atoms with Crippen molar-refractivity contribution in [2.45, 2.75) is 6.54 Å². The second-order valence-electron chi connectivity index (χ2n) is 7.59. The Labute approximate surface area is 173 Å². The van der Waals surface area contributed by atoms with E-state index in [0.717, 1.165) is 60.6 Å². The van der Waals surface area contributed by atoms with Crippen LogP contribution in [-0.4, -0.2) is 63.5 Å². The van der Waals surface area contributed by atoms with Crippen LogP contribution < -0.4 is 0 Å². The normalized spacial score (nSPS) is 16.4. The Hall–Kier alpha value is -2.15. The average molecular weight is 438 g/mol. The molecule has 5 rings (SSSR count). The molecule has 0 amide bonds. The van der Waals surface area contributed by atoms with E-state index in [1.807, 2.05) is 0 Å². The summed E-state index contributed by atoms with van der Waals surface area (Å²) in [6.45, 7) is 6.55. The van der Waals surface area contributed by atoms with E-state index in [4.69, 9.17) is 4.98 Å². The van der Waals surface area contributed by atoms with Crippen LogP contribution in [0, 0.1) is 0 Å². The van der Waals surface area contributed by atoms with Gasteiger partial charge in [-0.1, -0.05) is 40.2 Å².